The highest BCUT2D eigenvalue weighted by molar-refractivity contribution is 5.87. The second-order valence-electron chi connectivity index (χ2n) is 7.62. The average molecular weight is 342 g/mol. The molecule has 2 amide bonds. The predicted octanol–water partition coefficient (Wildman–Crippen LogP) is 2.17. The lowest BCUT2D eigenvalue weighted by atomic mass is 9.81. The van der Waals surface area contributed by atoms with E-state index >= 15 is 0 Å². The van der Waals surface area contributed by atoms with Gasteiger partial charge < -0.3 is 14.5 Å². The summed E-state index contributed by atoms with van der Waals surface area (Å²) in [5.41, 5.74) is 0.999. The summed E-state index contributed by atoms with van der Waals surface area (Å²) in [6.07, 6.45) is 4.15. The molecule has 5 heteroatoms. The van der Waals surface area contributed by atoms with Crippen LogP contribution in [0.15, 0.2) is 30.3 Å². The molecule has 3 aliphatic heterocycles. The highest BCUT2D eigenvalue weighted by Gasteiger charge is 2.51. The van der Waals surface area contributed by atoms with E-state index in [2.05, 4.69) is 0 Å². The van der Waals surface area contributed by atoms with Crippen molar-refractivity contribution in [2.75, 3.05) is 26.7 Å². The number of hydrogen-bond donors (Lipinski definition) is 0. The van der Waals surface area contributed by atoms with E-state index in [9.17, 15) is 9.59 Å². The highest BCUT2D eigenvalue weighted by atomic mass is 16.5. The number of carbonyl (C=O) groups excluding carboxylic acids is 2. The van der Waals surface area contributed by atoms with Crippen LogP contribution < -0.4 is 0 Å². The van der Waals surface area contributed by atoms with Gasteiger partial charge in [0.05, 0.1) is 5.92 Å². The van der Waals surface area contributed by atoms with Gasteiger partial charge >= 0.3 is 0 Å². The number of rotatable bonds is 2. The first-order valence-electron chi connectivity index (χ1n) is 9.34. The molecule has 0 saturated carbocycles. The summed E-state index contributed by atoms with van der Waals surface area (Å²) in [7, 11) is 1.93. The van der Waals surface area contributed by atoms with Gasteiger partial charge in [0.15, 0.2) is 0 Å². The highest BCUT2D eigenvalue weighted by Crippen LogP contribution is 2.44. The Kier molecular flexibility index (Phi) is 4.28. The third kappa shape index (κ3) is 2.84. The lowest BCUT2D eigenvalue weighted by Crippen LogP contribution is -2.54. The first-order valence-corrected chi connectivity index (χ1v) is 9.34. The van der Waals surface area contributed by atoms with Crippen LogP contribution in [0.4, 0.5) is 0 Å². The summed E-state index contributed by atoms with van der Waals surface area (Å²) in [5.74, 6) is 0.302. The van der Waals surface area contributed by atoms with Crippen molar-refractivity contribution in [1.82, 2.24) is 9.80 Å². The van der Waals surface area contributed by atoms with Gasteiger partial charge in [-0.15, -0.1) is 0 Å². The van der Waals surface area contributed by atoms with E-state index in [1.165, 1.54) is 0 Å². The van der Waals surface area contributed by atoms with Crippen molar-refractivity contribution < 1.29 is 14.3 Å². The third-order valence-corrected chi connectivity index (χ3v) is 6.34. The molecule has 3 fully saturated rings. The van der Waals surface area contributed by atoms with Gasteiger partial charge in [0.1, 0.15) is 6.10 Å². The van der Waals surface area contributed by atoms with Crippen molar-refractivity contribution >= 4 is 11.8 Å². The monoisotopic (exact) mass is 342 g/mol. The Hall–Kier alpha value is -1.88. The summed E-state index contributed by atoms with van der Waals surface area (Å²) in [6.45, 7) is 2.14. The number of carbonyl (C=O) groups is 2. The number of likely N-dealkylation sites (tertiary alicyclic amines) is 2. The molecule has 0 N–H and O–H groups in total. The molecule has 1 aromatic carbocycles. The van der Waals surface area contributed by atoms with Crippen LogP contribution in [-0.4, -0.2) is 60.0 Å². The fourth-order valence-electron chi connectivity index (χ4n) is 4.68. The fraction of sp³-hybridized carbons (Fsp3) is 0.600. The standard InChI is InChI=1S/C20H26N2O3/c1-21-18(23)16(15-6-3-2-4-7-15)14-20(21)9-11-22(12-10-20)19(24)17-8-5-13-25-17/h2-4,6-7,16-17H,5,8-14H2,1H3/t16?,17-/m1/s1. The van der Waals surface area contributed by atoms with Crippen molar-refractivity contribution in [2.45, 2.75) is 49.7 Å². The molecular weight excluding hydrogens is 316 g/mol. The van der Waals surface area contributed by atoms with Crippen LogP contribution in [-0.2, 0) is 14.3 Å². The van der Waals surface area contributed by atoms with E-state index in [1.807, 2.05) is 47.2 Å². The van der Waals surface area contributed by atoms with Crippen LogP contribution in [0.1, 0.15) is 43.6 Å². The molecule has 3 aliphatic rings. The Morgan fingerprint density at radius 3 is 2.56 bits per heavy atom. The summed E-state index contributed by atoms with van der Waals surface area (Å²) in [5, 5.41) is 0. The Morgan fingerprint density at radius 2 is 1.92 bits per heavy atom. The van der Waals surface area contributed by atoms with Gasteiger partial charge in [-0.05, 0) is 37.7 Å². The maximum Gasteiger partial charge on any atom is 0.251 e. The largest absolute Gasteiger partial charge is 0.368 e. The minimum Gasteiger partial charge on any atom is -0.368 e. The first-order chi connectivity index (χ1) is 12.1. The molecule has 3 heterocycles. The molecule has 1 spiro atoms. The molecule has 1 aromatic rings. The second-order valence-corrected chi connectivity index (χ2v) is 7.62. The third-order valence-electron chi connectivity index (χ3n) is 6.34. The topological polar surface area (TPSA) is 49.9 Å². The molecule has 134 valence electrons. The lowest BCUT2D eigenvalue weighted by Gasteiger charge is -2.43. The van der Waals surface area contributed by atoms with Crippen molar-refractivity contribution in [3.05, 3.63) is 35.9 Å². The summed E-state index contributed by atoms with van der Waals surface area (Å²) in [6, 6.07) is 10.1. The Morgan fingerprint density at radius 1 is 1.20 bits per heavy atom. The Labute approximate surface area is 148 Å². The number of piperidine rings is 1. The molecule has 0 radical (unpaired) electrons. The van der Waals surface area contributed by atoms with Gasteiger partial charge in [0, 0.05) is 32.3 Å². The first kappa shape index (κ1) is 16.6. The number of likely N-dealkylation sites (N-methyl/N-ethyl adjacent to an activating group) is 1. The molecule has 0 bridgehead atoms. The zero-order valence-electron chi connectivity index (χ0n) is 14.8. The molecular formula is C20H26N2O3. The number of nitrogens with zero attached hydrogens (tertiary/aromatic N) is 2. The summed E-state index contributed by atoms with van der Waals surface area (Å²) in [4.78, 5) is 29.3. The van der Waals surface area contributed by atoms with Crippen LogP contribution in [0.5, 0.6) is 0 Å². The number of hydrogen-bond acceptors (Lipinski definition) is 3. The van der Waals surface area contributed by atoms with Gasteiger partial charge in [-0.2, -0.15) is 0 Å². The molecule has 4 rings (SSSR count). The fourth-order valence-corrected chi connectivity index (χ4v) is 4.68. The average Bonchev–Trinajstić information content (AvgIpc) is 3.27. The van der Waals surface area contributed by atoms with Gasteiger partial charge in [-0.3, -0.25) is 9.59 Å². The second kappa shape index (κ2) is 6.45. The van der Waals surface area contributed by atoms with Crippen LogP contribution >= 0.6 is 0 Å². The summed E-state index contributed by atoms with van der Waals surface area (Å²) >= 11 is 0. The number of benzene rings is 1. The minimum atomic E-state index is -0.242. The van der Waals surface area contributed by atoms with Gasteiger partial charge in [-0.25, -0.2) is 0 Å². The lowest BCUT2D eigenvalue weighted by molar-refractivity contribution is -0.144. The molecule has 2 atom stereocenters. The van der Waals surface area contributed by atoms with E-state index in [0.29, 0.717) is 6.61 Å². The molecule has 25 heavy (non-hydrogen) atoms. The molecule has 0 aliphatic carbocycles. The van der Waals surface area contributed by atoms with Gasteiger partial charge in [-0.1, -0.05) is 30.3 Å². The van der Waals surface area contributed by atoms with E-state index in [0.717, 1.165) is 50.8 Å². The quantitative estimate of drug-likeness (QED) is 0.828. The molecule has 0 aromatic heterocycles. The van der Waals surface area contributed by atoms with Crippen LogP contribution in [0, 0.1) is 0 Å². The predicted molar refractivity (Wildman–Crippen MR) is 94.1 cm³/mol. The maximum absolute atomic E-state index is 12.8. The number of amides is 2. The normalized spacial score (nSPS) is 28.8. The van der Waals surface area contributed by atoms with Crippen molar-refractivity contribution in [1.29, 1.82) is 0 Å². The van der Waals surface area contributed by atoms with Crippen LogP contribution in [0.2, 0.25) is 0 Å². The molecule has 1 unspecified atom stereocenters. The number of ether oxygens (including phenoxy) is 1. The zero-order chi connectivity index (χ0) is 17.4. The SMILES string of the molecule is CN1C(=O)C(c2ccccc2)CC12CCN(C(=O)[C@H]1CCCO1)CC2. The Bertz CT molecular complexity index is 646. The Balaban J connectivity index is 1.45. The minimum absolute atomic E-state index is 0.0494. The maximum atomic E-state index is 12.8. The van der Waals surface area contributed by atoms with Gasteiger partial charge in [0.25, 0.3) is 5.91 Å². The van der Waals surface area contributed by atoms with Gasteiger partial charge in [0.2, 0.25) is 5.91 Å². The van der Waals surface area contributed by atoms with Crippen molar-refractivity contribution in [3.8, 4) is 0 Å². The van der Waals surface area contributed by atoms with Crippen LogP contribution in [0.3, 0.4) is 0 Å². The zero-order valence-corrected chi connectivity index (χ0v) is 14.8. The van der Waals surface area contributed by atoms with E-state index in [4.69, 9.17) is 4.74 Å². The smallest absolute Gasteiger partial charge is 0.251 e. The van der Waals surface area contributed by atoms with E-state index in [-0.39, 0.29) is 29.4 Å². The van der Waals surface area contributed by atoms with E-state index < -0.39 is 0 Å². The van der Waals surface area contributed by atoms with Crippen molar-refractivity contribution in [3.63, 3.8) is 0 Å². The summed E-state index contributed by atoms with van der Waals surface area (Å²) < 4.78 is 5.54. The van der Waals surface area contributed by atoms with Crippen LogP contribution in [0.25, 0.3) is 0 Å². The molecule has 5 nitrogen and oxygen atoms in total. The molecule has 3 saturated heterocycles. The van der Waals surface area contributed by atoms with Crippen molar-refractivity contribution in [2.24, 2.45) is 0 Å². The van der Waals surface area contributed by atoms with E-state index in [1.54, 1.807) is 0 Å².